The van der Waals surface area contributed by atoms with Crippen molar-refractivity contribution in [2.45, 2.75) is 53.1 Å². The molecule has 32 heavy (non-hydrogen) atoms. The molecule has 2 heterocycles. The lowest BCUT2D eigenvalue weighted by Gasteiger charge is -2.19. The summed E-state index contributed by atoms with van der Waals surface area (Å²) in [5.41, 5.74) is 1.36. The third-order valence-electron chi connectivity index (χ3n) is 4.32. The summed E-state index contributed by atoms with van der Waals surface area (Å²) < 4.78 is 16.3. The highest BCUT2D eigenvalue weighted by Gasteiger charge is 2.19. The minimum atomic E-state index is -0.710. The second-order valence-corrected chi connectivity index (χ2v) is 9.17. The highest BCUT2D eigenvalue weighted by atomic mass is 32.1. The van der Waals surface area contributed by atoms with Crippen LogP contribution in [-0.4, -0.2) is 29.2 Å². The van der Waals surface area contributed by atoms with E-state index in [2.05, 4.69) is 10.3 Å². The fourth-order valence-electron chi connectivity index (χ4n) is 3.00. The van der Waals surface area contributed by atoms with Crippen molar-refractivity contribution in [3.05, 3.63) is 45.3 Å². The fraction of sp³-hybridized carbons (Fsp3) is 0.391. The summed E-state index contributed by atoms with van der Waals surface area (Å²) in [5, 5.41) is 5.23. The minimum Gasteiger partial charge on any atom is -0.463 e. The van der Waals surface area contributed by atoms with Gasteiger partial charge >= 0.3 is 12.1 Å². The zero-order valence-electron chi connectivity index (χ0n) is 18.7. The first-order chi connectivity index (χ1) is 15.1. The van der Waals surface area contributed by atoms with Gasteiger partial charge in [-0.3, -0.25) is 4.79 Å². The summed E-state index contributed by atoms with van der Waals surface area (Å²) in [6.45, 7) is 8.67. The van der Waals surface area contributed by atoms with E-state index >= 15 is 0 Å². The molecule has 0 radical (unpaired) electrons. The van der Waals surface area contributed by atoms with E-state index in [-0.39, 0.29) is 17.7 Å². The van der Waals surface area contributed by atoms with Crippen LogP contribution in [0, 0.1) is 6.92 Å². The van der Waals surface area contributed by atoms with Gasteiger partial charge in [0.1, 0.15) is 34.7 Å². The van der Waals surface area contributed by atoms with Crippen LogP contribution < -0.4 is 15.5 Å². The third-order valence-corrected chi connectivity index (χ3v) is 5.32. The van der Waals surface area contributed by atoms with Crippen LogP contribution in [0.25, 0.3) is 21.5 Å². The number of hydrogen-bond acceptors (Lipinski definition) is 8. The van der Waals surface area contributed by atoms with Crippen molar-refractivity contribution in [3.8, 4) is 16.3 Å². The fourth-order valence-corrected chi connectivity index (χ4v) is 3.80. The summed E-state index contributed by atoms with van der Waals surface area (Å²) in [6.07, 6.45) is 2.04. The lowest BCUT2D eigenvalue weighted by Crippen LogP contribution is -2.36. The minimum absolute atomic E-state index is 0.192. The van der Waals surface area contributed by atoms with Gasteiger partial charge in [0.2, 0.25) is 5.43 Å². The summed E-state index contributed by atoms with van der Waals surface area (Å²) in [5.74, 6) is -0.374. The van der Waals surface area contributed by atoms with Gasteiger partial charge in [-0.1, -0.05) is 13.3 Å². The predicted molar refractivity (Wildman–Crippen MR) is 122 cm³/mol. The molecule has 0 saturated carbocycles. The molecule has 170 valence electrons. The Hall–Kier alpha value is -3.20. The SMILES string of the molecule is CCCc1cc2c(=O)c(-c3nc(C)cs3)coc2cc1OC(=O)CNC(=O)OC(C)(C)C. The Bertz CT molecular complexity index is 1210. The molecule has 0 unspecified atom stereocenters. The molecule has 1 aromatic carbocycles. The number of nitrogens with zero attached hydrogens (tertiary/aromatic N) is 1. The Balaban J connectivity index is 1.85. The molecule has 8 nitrogen and oxygen atoms in total. The first kappa shape index (κ1) is 23.5. The molecule has 3 aromatic rings. The zero-order valence-corrected chi connectivity index (χ0v) is 19.6. The molecule has 1 amide bonds. The predicted octanol–water partition coefficient (Wildman–Crippen LogP) is 4.61. The molecule has 0 aliphatic heterocycles. The maximum atomic E-state index is 13.1. The number of rotatable bonds is 6. The van der Waals surface area contributed by atoms with Crippen LogP contribution in [0.3, 0.4) is 0 Å². The molecule has 3 rings (SSSR count). The van der Waals surface area contributed by atoms with Gasteiger partial charge in [0, 0.05) is 17.1 Å². The summed E-state index contributed by atoms with van der Waals surface area (Å²) >= 11 is 1.38. The molecular formula is C23H26N2O6S. The van der Waals surface area contributed by atoms with Crippen LogP contribution in [0.15, 0.2) is 33.0 Å². The van der Waals surface area contributed by atoms with Crippen molar-refractivity contribution in [1.82, 2.24) is 10.3 Å². The number of esters is 1. The average molecular weight is 459 g/mol. The lowest BCUT2D eigenvalue weighted by molar-refractivity contribution is -0.133. The highest BCUT2D eigenvalue weighted by molar-refractivity contribution is 7.13. The van der Waals surface area contributed by atoms with Gasteiger partial charge in [-0.15, -0.1) is 11.3 Å². The van der Waals surface area contributed by atoms with E-state index in [1.807, 2.05) is 19.2 Å². The number of fused-ring (bicyclic) bond motifs is 1. The lowest BCUT2D eigenvalue weighted by atomic mass is 10.0. The van der Waals surface area contributed by atoms with Crippen molar-refractivity contribution in [3.63, 3.8) is 0 Å². The Kier molecular flexibility index (Phi) is 6.98. The van der Waals surface area contributed by atoms with E-state index in [1.165, 1.54) is 23.7 Å². The molecular weight excluding hydrogens is 432 g/mol. The average Bonchev–Trinajstić information content (AvgIpc) is 3.12. The van der Waals surface area contributed by atoms with Gasteiger partial charge in [-0.25, -0.2) is 14.6 Å². The van der Waals surface area contributed by atoms with Gasteiger partial charge in [0.05, 0.1) is 10.9 Å². The number of ether oxygens (including phenoxy) is 2. The number of hydrogen-bond donors (Lipinski definition) is 1. The molecule has 0 spiro atoms. The number of amides is 1. The van der Waals surface area contributed by atoms with Crippen molar-refractivity contribution in [1.29, 1.82) is 0 Å². The van der Waals surface area contributed by atoms with Gasteiger partial charge in [-0.05, 0) is 45.7 Å². The van der Waals surface area contributed by atoms with E-state index in [9.17, 15) is 14.4 Å². The zero-order chi connectivity index (χ0) is 23.5. The Morgan fingerprint density at radius 2 is 2.00 bits per heavy atom. The number of alkyl carbamates (subject to hydrolysis) is 1. The molecule has 9 heteroatoms. The molecule has 0 atom stereocenters. The smallest absolute Gasteiger partial charge is 0.408 e. The molecule has 0 saturated heterocycles. The van der Waals surface area contributed by atoms with E-state index < -0.39 is 17.7 Å². The van der Waals surface area contributed by atoms with Crippen LogP contribution in [0.4, 0.5) is 4.79 Å². The monoisotopic (exact) mass is 458 g/mol. The van der Waals surface area contributed by atoms with E-state index in [1.54, 1.807) is 26.8 Å². The molecule has 1 N–H and O–H groups in total. The first-order valence-electron chi connectivity index (χ1n) is 10.3. The second-order valence-electron chi connectivity index (χ2n) is 8.31. The number of thiazole rings is 1. The van der Waals surface area contributed by atoms with Crippen molar-refractivity contribution in [2.75, 3.05) is 6.54 Å². The standard InChI is InChI=1S/C23H26N2O6S/c1-6-7-14-8-15-18(29-11-16(20(15)27)21-25-13(2)12-32-21)9-17(14)30-19(26)10-24-22(28)31-23(3,4)5/h8-9,11-12H,6-7,10H2,1-5H3,(H,24,28). The normalized spacial score (nSPS) is 11.4. The first-order valence-corrected chi connectivity index (χ1v) is 11.1. The van der Waals surface area contributed by atoms with Crippen LogP contribution in [0.2, 0.25) is 0 Å². The number of carbonyl (C=O) groups excluding carboxylic acids is 2. The van der Waals surface area contributed by atoms with Crippen LogP contribution in [0.5, 0.6) is 5.75 Å². The Morgan fingerprint density at radius 1 is 1.25 bits per heavy atom. The topological polar surface area (TPSA) is 108 Å². The highest BCUT2D eigenvalue weighted by Crippen LogP contribution is 2.29. The number of benzene rings is 1. The van der Waals surface area contributed by atoms with E-state index in [4.69, 9.17) is 13.9 Å². The number of aromatic nitrogens is 1. The maximum absolute atomic E-state index is 13.1. The molecule has 0 bridgehead atoms. The van der Waals surface area contributed by atoms with E-state index in [0.717, 1.165) is 12.1 Å². The summed E-state index contributed by atoms with van der Waals surface area (Å²) in [6, 6.07) is 3.22. The van der Waals surface area contributed by atoms with Crippen molar-refractivity contribution < 1.29 is 23.5 Å². The Labute approximate surface area is 189 Å². The van der Waals surface area contributed by atoms with E-state index in [0.29, 0.717) is 33.5 Å². The van der Waals surface area contributed by atoms with Crippen molar-refractivity contribution in [2.24, 2.45) is 0 Å². The largest absolute Gasteiger partial charge is 0.463 e. The van der Waals surface area contributed by atoms with Crippen molar-refractivity contribution >= 4 is 34.4 Å². The maximum Gasteiger partial charge on any atom is 0.408 e. The number of nitrogens with one attached hydrogen (secondary N) is 1. The van der Waals surface area contributed by atoms with Gasteiger partial charge in [0.25, 0.3) is 0 Å². The Morgan fingerprint density at radius 3 is 2.62 bits per heavy atom. The van der Waals surface area contributed by atoms with Crippen LogP contribution >= 0.6 is 11.3 Å². The number of aryl methyl sites for hydroxylation is 2. The van der Waals surface area contributed by atoms with Gasteiger partial charge < -0.3 is 19.2 Å². The quantitative estimate of drug-likeness (QED) is 0.424. The van der Waals surface area contributed by atoms with Crippen LogP contribution in [-0.2, 0) is 16.0 Å². The molecule has 0 aliphatic rings. The molecule has 2 aromatic heterocycles. The third kappa shape index (κ3) is 5.73. The molecule has 0 fully saturated rings. The molecule has 0 aliphatic carbocycles. The van der Waals surface area contributed by atoms with Gasteiger partial charge in [0.15, 0.2) is 0 Å². The van der Waals surface area contributed by atoms with Gasteiger partial charge in [-0.2, -0.15) is 0 Å². The second kappa shape index (κ2) is 9.52. The summed E-state index contributed by atoms with van der Waals surface area (Å²) in [4.78, 5) is 41.5. The number of carbonyl (C=O) groups is 2. The van der Waals surface area contributed by atoms with Crippen LogP contribution in [0.1, 0.15) is 45.4 Å². The summed E-state index contributed by atoms with van der Waals surface area (Å²) in [7, 11) is 0.